The fourth-order valence-corrected chi connectivity index (χ4v) is 1.48. The van der Waals surface area contributed by atoms with Crippen molar-refractivity contribution in [2.45, 2.75) is 13.5 Å². The predicted molar refractivity (Wildman–Crippen MR) is 68.6 cm³/mol. The van der Waals surface area contributed by atoms with Crippen molar-refractivity contribution in [3.8, 4) is 11.6 Å². The van der Waals surface area contributed by atoms with Crippen LogP contribution in [0.2, 0.25) is 0 Å². The summed E-state index contributed by atoms with van der Waals surface area (Å²) in [6, 6.07) is 7.11. The van der Waals surface area contributed by atoms with Crippen LogP contribution >= 0.6 is 0 Å². The molecule has 5 nitrogen and oxygen atoms in total. The van der Waals surface area contributed by atoms with E-state index in [2.05, 4.69) is 15.3 Å². The molecule has 5 heteroatoms. The molecule has 0 amide bonds. The second-order valence-corrected chi connectivity index (χ2v) is 3.65. The van der Waals surface area contributed by atoms with Gasteiger partial charge in [-0.3, -0.25) is 4.98 Å². The molecule has 0 bridgehead atoms. The van der Waals surface area contributed by atoms with Gasteiger partial charge in [-0.2, -0.15) is 0 Å². The second-order valence-electron chi connectivity index (χ2n) is 3.65. The average Bonchev–Trinajstić information content (AvgIpc) is 2.40. The van der Waals surface area contributed by atoms with Crippen LogP contribution in [0.15, 0.2) is 36.7 Å². The first kappa shape index (κ1) is 12.2. The van der Waals surface area contributed by atoms with Gasteiger partial charge in [0.1, 0.15) is 5.75 Å². The molecule has 0 aliphatic heterocycles. The Morgan fingerprint density at radius 2 is 2.17 bits per heavy atom. The zero-order valence-corrected chi connectivity index (χ0v) is 10.1. The van der Waals surface area contributed by atoms with Crippen LogP contribution in [0, 0.1) is 0 Å². The van der Waals surface area contributed by atoms with Crippen molar-refractivity contribution < 1.29 is 9.84 Å². The maximum absolute atomic E-state index is 9.14. The first-order chi connectivity index (χ1) is 8.79. The molecule has 0 aliphatic rings. The SMILES string of the molecule is CCOc1ncccc1NCc1ccc(O)cn1. The van der Waals surface area contributed by atoms with Gasteiger partial charge in [0.15, 0.2) is 0 Å². The van der Waals surface area contributed by atoms with E-state index < -0.39 is 0 Å². The molecular weight excluding hydrogens is 230 g/mol. The first-order valence-corrected chi connectivity index (χ1v) is 5.75. The predicted octanol–water partition coefficient (Wildman–Crippen LogP) is 2.19. The highest BCUT2D eigenvalue weighted by atomic mass is 16.5. The van der Waals surface area contributed by atoms with Gasteiger partial charge in [-0.1, -0.05) is 0 Å². The monoisotopic (exact) mass is 245 g/mol. The number of hydrogen-bond acceptors (Lipinski definition) is 5. The van der Waals surface area contributed by atoms with Crippen molar-refractivity contribution in [2.75, 3.05) is 11.9 Å². The van der Waals surface area contributed by atoms with Gasteiger partial charge >= 0.3 is 0 Å². The van der Waals surface area contributed by atoms with Crippen LogP contribution in [0.1, 0.15) is 12.6 Å². The summed E-state index contributed by atoms with van der Waals surface area (Å²) >= 11 is 0. The molecule has 0 aromatic carbocycles. The van der Waals surface area contributed by atoms with Crippen LogP contribution in [-0.4, -0.2) is 21.7 Å². The van der Waals surface area contributed by atoms with E-state index in [4.69, 9.17) is 9.84 Å². The van der Waals surface area contributed by atoms with Gasteiger partial charge in [0, 0.05) is 6.20 Å². The fraction of sp³-hybridized carbons (Fsp3) is 0.231. The molecule has 2 heterocycles. The Labute approximate surface area is 105 Å². The lowest BCUT2D eigenvalue weighted by Crippen LogP contribution is -2.04. The van der Waals surface area contributed by atoms with Gasteiger partial charge in [-0.05, 0) is 31.2 Å². The number of aromatic nitrogens is 2. The summed E-state index contributed by atoms with van der Waals surface area (Å²) in [7, 11) is 0. The molecule has 0 fully saturated rings. The molecule has 0 saturated heterocycles. The van der Waals surface area contributed by atoms with Gasteiger partial charge in [-0.25, -0.2) is 4.98 Å². The van der Waals surface area contributed by atoms with Crippen LogP contribution in [-0.2, 0) is 6.54 Å². The molecule has 0 spiro atoms. The smallest absolute Gasteiger partial charge is 0.237 e. The Morgan fingerprint density at radius 3 is 2.89 bits per heavy atom. The molecule has 0 aliphatic carbocycles. The summed E-state index contributed by atoms with van der Waals surface area (Å²) < 4.78 is 5.41. The molecule has 0 saturated carbocycles. The van der Waals surface area contributed by atoms with Crippen molar-refractivity contribution in [2.24, 2.45) is 0 Å². The third kappa shape index (κ3) is 3.10. The first-order valence-electron chi connectivity index (χ1n) is 5.75. The van der Waals surface area contributed by atoms with Crippen molar-refractivity contribution in [3.05, 3.63) is 42.4 Å². The lowest BCUT2D eigenvalue weighted by atomic mass is 10.3. The van der Waals surface area contributed by atoms with E-state index in [1.807, 2.05) is 19.1 Å². The van der Waals surface area contributed by atoms with Crippen molar-refractivity contribution in [3.63, 3.8) is 0 Å². The molecule has 94 valence electrons. The fourth-order valence-electron chi connectivity index (χ4n) is 1.48. The highest BCUT2D eigenvalue weighted by Crippen LogP contribution is 2.21. The van der Waals surface area contributed by atoms with Gasteiger partial charge in [-0.15, -0.1) is 0 Å². The number of nitrogens with one attached hydrogen (secondary N) is 1. The van der Waals surface area contributed by atoms with E-state index >= 15 is 0 Å². The van der Waals surface area contributed by atoms with E-state index in [0.29, 0.717) is 19.0 Å². The number of anilines is 1. The van der Waals surface area contributed by atoms with Crippen molar-refractivity contribution in [1.82, 2.24) is 9.97 Å². The van der Waals surface area contributed by atoms with Crippen molar-refractivity contribution >= 4 is 5.69 Å². The molecule has 2 aromatic heterocycles. The van der Waals surface area contributed by atoms with Crippen molar-refractivity contribution in [1.29, 1.82) is 0 Å². The van der Waals surface area contributed by atoms with E-state index in [1.54, 1.807) is 18.3 Å². The average molecular weight is 245 g/mol. The Morgan fingerprint density at radius 1 is 1.28 bits per heavy atom. The summed E-state index contributed by atoms with van der Waals surface area (Å²) in [6.07, 6.45) is 3.11. The van der Waals surface area contributed by atoms with Gasteiger partial charge in [0.05, 0.1) is 30.7 Å². The summed E-state index contributed by atoms with van der Waals surface area (Å²) in [5.41, 5.74) is 1.66. The quantitative estimate of drug-likeness (QED) is 0.845. The lowest BCUT2D eigenvalue weighted by molar-refractivity contribution is 0.328. The zero-order valence-electron chi connectivity index (χ0n) is 10.1. The van der Waals surface area contributed by atoms with Crippen LogP contribution in [0.3, 0.4) is 0 Å². The minimum Gasteiger partial charge on any atom is -0.506 e. The molecular formula is C13H15N3O2. The standard InChI is InChI=1S/C13H15N3O2/c1-2-18-13-12(4-3-7-14-13)16-8-10-5-6-11(17)9-15-10/h3-7,9,16-17H,2,8H2,1H3. The van der Waals surface area contributed by atoms with E-state index in [0.717, 1.165) is 11.4 Å². The second kappa shape index (κ2) is 5.86. The number of rotatable bonds is 5. The van der Waals surface area contributed by atoms with Crippen LogP contribution in [0.4, 0.5) is 5.69 Å². The topological polar surface area (TPSA) is 67.3 Å². The number of ether oxygens (including phenoxy) is 1. The Balaban J connectivity index is 2.03. The van der Waals surface area contributed by atoms with E-state index in [9.17, 15) is 0 Å². The van der Waals surface area contributed by atoms with Gasteiger partial charge in [0.2, 0.25) is 5.88 Å². The summed E-state index contributed by atoms with van der Waals surface area (Å²) in [5, 5.41) is 12.3. The Bertz CT molecular complexity index is 500. The maximum atomic E-state index is 9.14. The van der Waals surface area contributed by atoms with E-state index in [-0.39, 0.29) is 5.75 Å². The zero-order chi connectivity index (χ0) is 12.8. The molecule has 18 heavy (non-hydrogen) atoms. The molecule has 2 aromatic rings. The molecule has 0 unspecified atom stereocenters. The Kier molecular flexibility index (Phi) is 3.96. The summed E-state index contributed by atoms with van der Waals surface area (Å²) in [6.45, 7) is 3.04. The molecule has 0 atom stereocenters. The summed E-state index contributed by atoms with van der Waals surface area (Å²) in [5.74, 6) is 0.744. The number of hydrogen-bond donors (Lipinski definition) is 2. The minimum absolute atomic E-state index is 0.162. The van der Waals surface area contributed by atoms with Crippen LogP contribution in [0.25, 0.3) is 0 Å². The molecule has 2 N–H and O–H groups in total. The highest BCUT2D eigenvalue weighted by Gasteiger charge is 2.03. The van der Waals surface area contributed by atoms with Crippen LogP contribution in [0.5, 0.6) is 11.6 Å². The van der Waals surface area contributed by atoms with E-state index in [1.165, 1.54) is 6.20 Å². The highest BCUT2D eigenvalue weighted by molar-refractivity contribution is 5.52. The van der Waals surface area contributed by atoms with Crippen LogP contribution < -0.4 is 10.1 Å². The minimum atomic E-state index is 0.162. The lowest BCUT2D eigenvalue weighted by Gasteiger charge is -2.10. The molecule has 2 rings (SSSR count). The number of nitrogens with zero attached hydrogens (tertiary/aromatic N) is 2. The third-order valence-corrected chi connectivity index (χ3v) is 2.32. The normalized spacial score (nSPS) is 10.1. The number of aromatic hydroxyl groups is 1. The number of pyridine rings is 2. The van der Waals surface area contributed by atoms with Gasteiger partial charge < -0.3 is 15.2 Å². The van der Waals surface area contributed by atoms with Gasteiger partial charge in [0.25, 0.3) is 0 Å². The summed E-state index contributed by atoms with van der Waals surface area (Å²) in [4.78, 5) is 8.24. The maximum Gasteiger partial charge on any atom is 0.237 e. The molecule has 0 radical (unpaired) electrons. The Hall–Kier alpha value is -2.30. The third-order valence-electron chi connectivity index (χ3n) is 2.32. The largest absolute Gasteiger partial charge is 0.506 e.